The molecule has 0 aliphatic carbocycles. The van der Waals surface area contributed by atoms with Crippen LogP contribution >= 0.6 is 0 Å². The smallest absolute Gasteiger partial charge is 0.0873 e. The van der Waals surface area contributed by atoms with E-state index in [1.54, 1.807) is 0 Å². The number of nitrogens with one attached hydrogen (secondary N) is 1. The maximum absolute atomic E-state index is 6.28. The van der Waals surface area contributed by atoms with Crippen molar-refractivity contribution in [3.05, 3.63) is 0 Å². The van der Waals surface area contributed by atoms with Crippen LogP contribution in [0, 0.1) is 10.8 Å². The fourth-order valence-corrected chi connectivity index (χ4v) is 0. The van der Waals surface area contributed by atoms with Gasteiger partial charge in [-0.25, -0.2) is 0 Å². The highest BCUT2D eigenvalue weighted by Crippen LogP contribution is 2.16. The Hall–Kier alpha value is -0.530. The summed E-state index contributed by atoms with van der Waals surface area (Å²) in [5.74, 6) is 0.167. The zero-order valence-corrected chi connectivity index (χ0v) is 12.5. The molecule has 0 rings (SSSR count). The molecule has 0 fully saturated rings. The molecule has 0 aromatic rings. The maximum atomic E-state index is 6.28. The average molecular weight is 218 g/mol. The third-order valence-corrected chi connectivity index (χ3v) is 1.06. The van der Waals surface area contributed by atoms with Crippen LogP contribution in [0.15, 0.2) is 0 Å². The molecule has 0 aromatic carbocycles. The van der Waals surface area contributed by atoms with Crippen LogP contribution in [0.3, 0.4) is 0 Å². The van der Waals surface area contributed by atoms with Crippen molar-refractivity contribution >= 4 is 5.84 Å². The third-order valence-electron chi connectivity index (χ3n) is 1.06. The average Bonchev–Trinajstić information content (AvgIpc) is 2.07. The largest absolute Gasteiger partial charge is 0.388 e. The van der Waals surface area contributed by atoms with Crippen molar-refractivity contribution in [3.63, 3.8) is 0 Å². The molecule has 0 aliphatic heterocycles. The highest BCUT2D eigenvalue weighted by atomic mass is 14.7. The number of amidine groups is 1. The quantitative estimate of drug-likeness (QED) is 0.444. The Bertz CT molecular complexity index is 97.6. The van der Waals surface area contributed by atoms with E-state index < -0.39 is 0 Å². The number of hydrogen-bond acceptors (Lipinski definition) is 1. The summed E-state index contributed by atoms with van der Waals surface area (Å²) in [6.45, 7) is 18.7. The van der Waals surface area contributed by atoms with Gasteiger partial charge < -0.3 is 5.73 Å². The molecule has 0 saturated heterocycles. The summed E-state index contributed by atoms with van der Waals surface area (Å²) in [7, 11) is 0. The van der Waals surface area contributed by atoms with Gasteiger partial charge in [0.25, 0.3) is 0 Å². The molecule has 0 aromatic heterocycles. The molecular formula is C13H34N2. The van der Waals surface area contributed by atoms with Crippen molar-refractivity contribution < 1.29 is 0 Å². The van der Waals surface area contributed by atoms with Gasteiger partial charge in [0.15, 0.2) is 0 Å². The van der Waals surface area contributed by atoms with Gasteiger partial charge in [-0.3, -0.25) is 5.41 Å². The Labute approximate surface area is 98.2 Å². The van der Waals surface area contributed by atoms with E-state index in [1.807, 2.05) is 13.8 Å². The van der Waals surface area contributed by atoms with E-state index in [-0.39, 0.29) is 5.84 Å². The lowest BCUT2D eigenvalue weighted by Gasteiger charge is -2.12. The fourth-order valence-electron chi connectivity index (χ4n) is 0. The molecule has 0 heterocycles. The lowest BCUT2D eigenvalue weighted by molar-refractivity contribution is 0.398. The first-order chi connectivity index (χ1) is 6.71. The van der Waals surface area contributed by atoms with Crippen molar-refractivity contribution in [2.75, 3.05) is 0 Å². The molecule has 0 atom stereocenters. The molecule has 0 amide bonds. The van der Waals surface area contributed by atoms with Crippen LogP contribution < -0.4 is 5.73 Å². The molecule has 0 aliphatic rings. The van der Waals surface area contributed by atoms with E-state index in [9.17, 15) is 0 Å². The second kappa shape index (κ2) is 19.1. The van der Waals surface area contributed by atoms with Crippen molar-refractivity contribution in [2.24, 2.45) is 11.1 Å². The van der Waals surface area contributed by atoms with Gasteiger partial charge in [-0.1, -0.05) is 68.2 Å². The van der Waals surface area contributed by atoms with Crippen molar-refractivity contribution in [1.82, 2.24) is 0 Å². The Morgan fingerprint density at radius 1 is 1.07 bits per heavy atom. The zero-order valence-electron chi connectivity index (χ0n) is 12.5. The fraction of sp³-hybridized carbons (Fsp3) is 0.923. The second-order valence-corrected chi connectivity index (χ2v) is 4.30. The normalized spacial score (nSPS) is 8.07. The molecule has 3 N–H and O–H groups in total. The Balaban J connectivity index is -0.0000000590. The summed E-state index contributed by atoms with van der Waals surface area (Å²) >= 11 is 0. The predicted octanol–water partition coefficient (Wildman–Crippen LogP) is 4.83. The summed E-state index contributed by atoms with van der Waals surface area (Å²) in [4.78, 5) is 0. The highest BCUT2D eigenvalue weighted by molar-refractivity contribution is 5.73. The Morgan fingerprint density at radius 2 is 1.13 bits per heavy atom. The van der Waals surface area contributed by atoms with Gasteiger partial charge in [-0.05, 0) is 12.3 Å². The predicted molar refractivity (Wildman–Crippen MR) is 74.6 cm³/mol. The van der Waals surface area contributed by atoms with Crippen molar-refractivity contribution in [1.29, 1.82) is 5.41 Å². The summed E-state index contributed by atoms with van der Waals surface area (Å²) in [5, 5.41) is 6.28. The molecule has 2 heteroatoms. The first-order valence-electron chi connectivity index (χ1n) is 6.01. The lowest BCUT2D eigenvalue weighted by Crippen LogP contribution is -2.00. The van der Waals surface area contributed by atoms with Crippen LogP contribution in [0.1, 0.15) is 75.2 Å². The monoisotopic (exact) mass is 218 g/mol. The number of hydrogen-bond donors (Lipinski definition) is 2. The van der Waals surface area contributed by atoms with Gasteiger partial charge >= 0.3 is 0 Å². The minimum absolute atomic E-state index is 0.167. The highest BCUT2D eigenvalue weighted by Gasteiger charge is 2.03. The molecule has 15 heavy (non-hydrogen) atoms. The van der Waals surface area contributed by atoms with Crippen LogP contribution in [0.2, 0.25) is 0 Å². The van der Waals surface area contributed by atoms with Gasteiger partial charge in [0, 0.05) is 0 Å². The van der Waals surface area contributed by atoms with Crippen LogP contribution in [0.5, 0.6) is 0 Å². The topological polar surface area (TPSA) is 49.9 Å². The minimum Gasteiger partial charge on any atom is -0.388 e. The van der Waals surface area contributed by atoms with Gasteiger partial charge in [0.2, 0.25) is 0 Å². The summed E-state index contributed by atoms with van der Waals surface area (Å²) < 4.78 is 0. The SMILES string of the molecule is CC.CC(=N)N.CCC.CCC(C)(C)C. The van der Waals surface area contributed by atoms with E-state index in [1.165, 1.54) is 19.8 Å². The molecule has 0 radical (unpaired) electrons. The number of nitrogens with two attached hydrogens (primary N) is 1. The molecule has 0 spiro atoms. The zero-order chi connectivity index (χ0) is 13.5. The van der Waals surface area contributed by atoms with Crippen molar-refractivity contribution in [3.8, 4) is 0 Å². The standard InChI is InChI=1S/C6H14.C3H8.C2H6N2.C2H6/c1-5-6(2,3)4;1-3-2;1-2(3)4;1-2/h5H2,1-4H3;3H2,1-2H3;1H3,(H3,3,4);1-2H3. The Morgan fingerprint density at radius 3 is 1.13 bits per heavy atom. The van der Waals surface area contributed by atoms with E-state index >= 15 is 0 Å². The van der Waals surface area contributed by atoms with Crippen LogP contribution in [0.4, 0.5) is 0 Å². The van der Waals surface area contributed by atoms with E-state index in [0.717, 1.165) is 0 Å². The summed E-state index contributed by atoms with van der Waals surface area (Å²) in [6.07, 6.45) is 2.52. The van der Waals surface area contributed by atoms with Crippen LogP contribution in [-0.4, -0.2) is 5.84 Å². The molecule has 0 unspecified atom stereocenters. The third kappa shape index (κ3) is 290. The van der Waals surface area contributed by atoms with Gasteiger partial charge in [0.1, 0.15) is 0 Å². The van der Waals surface area contributed by atoms with E-state index in [2.05, 4.69) is 41.5 Å². The molecule has 96 valence electrons. The van der Waals surface area contributed by atoms with Gasteiger partial charge in [0.05, 0.1) is 5.84 Å². The van der Waals surface area contributed by atoms with E-state index in [0.29, 0.717) is 5.41 Å². The molecule has 0 bridgehead atoms. The summed E-state index contributed by atoms with van der Waals surface area (Å²) in [5.41, 5.74) is 5.24. The van der Waals surface area contributed by atoms with Gasteiger partial charge in [-0.2, -0.15) is 0 Å². The maximum Gasteiger partial charge on any atom is 0.0873 e. The molecule has 2 nitrogen and oxygen atoms in total. The Kier molecular flexibility index (Phi) is 30.5. The van der Waals surface area contributed by atoms with Crippen LogP contribution in [0.25, 0.3) is 0 Å². The first-order valence-corrected chi connectivity index (χ1v) is 6.01. The summed E-state index contributed by atoms with van der Waals surface area (Å²) in [6, 6.07) is 0. The van der Waals surface area contributed by atoms with Crippen molar-refractivity contribution in [2.45, 2.75) is 75.2 Å². The van der Waals surface area contributed by atoms with Gasteiger partial charge in [-0.15, -0.1) is 0 Å². The first kappa shape index (κ1) is 24.0. The van der Waals surface area contributed by atoms with Crippen LogP contribution in [-0.2, 0) is 0 Å². The lowest BCUT2D eigenvalue weighted by atomic mass is 9.94. The minimum atomic E-state index is 0.167. The number of rotatable bonds is 0. The molecule has 0 saturated carbocycles. The second-order valence-electron chi connectivity index (χ2n) is 4.30. The molecular weight excluding hydrogens is 184 g/mol. The van der Waals surface area contributed by atoms with E-state index in [4.69, 9.17) is 11.1 Å².